The zero-order chi connectivity index (χ0) is 22.7. The lowest BCUT2D eigenvalue weighted by molar-refractivity contribution is 0.102. The lowest BCUT2D eigenvalue weighted by atomic mass is 10.2. The number of rotatable bonds is 7. The van der Waals surface area contributed by atoms with Crippen LogP contribution >= 0.6 is 0 Å². The Balaban J connectivity index is 1.43. The lowest BCUT2D eigenvalue weighted by Gasteiger charge is -2.11. The molecule has 1 amide bonds. The number of halogens is 2. The average Bonchev–Trinajstić information content (AvgIpc) is 3.35. The number of carbonyl (C=O) groups is 1. The second-order valence-electron chi connectivity index (χ2n) is 7.07. The number of benzene rings is 2. The number of amides is 1. The molecule has 1 N–H and O–H groups in total. The van der Waals surface area contributed by atoms with E-state index in [0.717, 1.165) is 18.2 Å². The molecule has 2 heterocycles. The molecule has 4 rings (SSSR count). The highest BCUT2D eigenvalue weighted by atomic mass is 19.1. The van der Waals surface area contributed by atoms with Gasteiger partial charge in [-0.3, -0.25) is 4.79 Å². The number of hydrogen-bond donors (Lipinski definition) is 1. The fourth-order valence-corrected chi connectivity index (χ4v) is 3.02. The van der Waals surface area contributed by atoms with E-state index in [1.165, 1.54) is 4.68 Å². The molecule has 0 saturated carbocycles. The first-order valence-corrected chi connectivity index (χ1v) is 9.69. The molecular formula is C22H19F2N5O3. The maximum Gasteiger partial charge on any atom is 0.256 e. The Kier molecular flexibility index (Phi) is 5.93. The summed E-state index contributed by atoms with van der Waals surface area (Å²) >= 11 is 0. The van der Waals surface area contributed by atoms with Gasteiger partial charge in [-0.2, -0.15) is 10.1 Å². The van der Waals surface area contributed by atoms with Gasteiger partial charge in [-0.25, -0.2) is 13.5 Å². The molecule has 32 heavy (non-hydrogen) atoms. The summed E-state index contributed by atoms with van der Waals surface area (Å²) in [5, 5.41) is 10.7. The summed E-state index contributed by atoms with van der Waals surface area (Å²) < 4.78 is 39.4. The molecular weight excluding hydrogens is 420 g/mol. The maximum absolute atomic E-state index is 14.0. The smallest absolute Gasteiger partial charge is 0.256 e. The van der Waals surface area contributed by atoms with Gasteiger partial charge in [-0.15, -0.1) is 0 Å². The summed E-state index contributed by atoms with van der Waals surface area (Å²) in [6.07, 6.45) is 1.55. The first kappa shape index (κ1) is 21.2. The van der Waals surface area contributed by atoms with Crippen LogP contribution in [0.1, 0.15) is 33.2 Å². The van der Waals surface area contributed by atoms with Crippen molar-refractivity contribution in [1.29, 1.82) is 0 Å². The van der Waals surface area contributed by atoms with Gasteiger partial charge in [-0.1, -0.05) is 5.16 Å². The van der Waals surface area contributed by atoms with E-state index >= 15 is 0 Å². The number of aryl methyl sites for hydroxylation is 2. The van der Waals surface area contributed by atoms with Gasteiger partial charge in [0.25, 0.3) is 5.91 Å². The molecule has 0 aliphatic heterocycles. The van der Waals surface area contributed by atoms with Crippen LogP contribution in [0.25, 0.3) is 0 Å². The van der Waals surface area contributed by atoms with E-state index in [1.807, 2.05) is 0 Å². The van der Waals surface area contributed by atoms with Gasteiger partial charge in [-0.05, 0) is 49.4 Å². The van der Waals surface area contributed by atoms with Gasteiger partial charge in [0, 0.05) is 23.6 Å². The Labute approximate surface area is 181 Å². The second-order valence-corrected chi connectivity index (χ2v) is 7.07. The number of nitrogens with one attached hydrogen (secondary N) is 1. The number of ether oxygens (including phenoxy) is 1. The standard InChI is InChI=1S/C22H19F2N5O3/c1-13-10-25-29(11-16-9-17(23)5-8-19(16)24)21(13)27-22(30)15-3-6-18(7-4-15)31-12-20-26-14(2)32-28-20/h3-10H,11-12H2,1-2H3,(H,27,30). The number of anilines is 1. The zero-order valence-electron chi connectivity index (χ0n) is 17.3. The summed E-state index contributed by atoms with van der Waals surface area (Å²) in [6, 6.07) is 9.72. The minimum absolute atomic E-state index is 0.0324. The van der Waals surface area contributed by atoms with Crippen molar-refractivity contribution in [2.24, 2.45) is 0 Å². The predicted octanol–water partition coefficient (Wildman–Crippen LogP) is 4.04. The third-order valence-electron chi connectivity index (χ3n) is 4.64. The van der Waals surface area contributed by atoms with E-state index in [4.69, 9.17) is 9.26 Å². The van der Waals surface area contributed by atoms with E-state index in [9.17, 15) is 13.6 Å². The van der Waals surface area contributed by atoms with E-state index in [0.29, 0.717) is 34.4 Å². The largest absolute Gasteiger partial charge is 0.485 e. The number of aromatic nitrogens is 4. The van der Waals surface area contributed by atoms with Crippen LogP contribution in [0.4, 0.5) is 14.6 Å². The van der Waals surface area contributed by atoms with Crippen LogP contribution in [-0.4, -0.2) is 25.8 Å². The normalized spacial score (nSPS) is 10.9. The topological polar surface area (TPSA) is 95.1 Å². The van der Waals surface area contributed by atoms with E-state index < -0.39 is 11.6 Å². The van der Waals surface area contributed by atoms with Gasteiger partial charge in [0.2, 0.25) is 11.7 Å². The minimum atomic E-state index is -0.552. The molecule has 0 fully saturated rings. The molecule has 2 aromatic heterocycles. The first-order chi connectivity index (χ1) is 15.4. The van der Waals surface area contributed by atoms with Crippen molar-refractivity contribution in [1.82, 2.24) is 19.9 Å². The Morgan fingerprint density at radius 3 is 2.66 bits per heavy atom. The van der Waals surface area contributed by atoms with Gasteiger partial charge in [0.15, 0.2) is 6.61 Å². The molecule has 0 unspecified atom stereocenters. The zero-order valence-corrected chi connectivity index (χ0v) is 17.3. The molecule has 4 aromatic rings. The molecule has 8 nitrogen and oxygen atoms in total. The van der Waals surface area contributed by atoms with Crippen molar-refractivity contribution >= 4 is 11.7 Å². The van der Waals surface area contributed by atoms with Crippen LogP contribution in [0.3, 0.4) is 0 Å². The van der Waals surface area contributed by atoms with Crippen molar-refractivity contribution in [2.45, 2.75) is 27.0 Å². The Hall–Kier alpha value is -4.08. The van der Waals surface area contributed by atoms with E-state index in [1.54, 1.807) is 44.3 Å². The van der Waals surface area contributed by atoms with Crippen LogP contribution in [0.15, 0.2) is 53.2 Å². The Morgan fingerprint density at radius 1 is 1.16 bits per heavy atom. The molecule has 0 spiro atoms. The van der Waals surface area contributed by atoms with Crippen LogP contribution < -0.4 is 10.1 Å². The van der Waals surface area contributed by atoms with Gasteiger partial charge >= 0.3 is 0 Å². The van der Waals surface area contributed by atoms with Crippen LogP contribution in [-0.2, 0) is 13.2 Å². The van der Waals surface area contributed by atoms with Crippen molar-refractivity contribution < 1.29 is 22.8 Å². The first-order valence-electron chi connectivity index (χ1n) is 9.69. The monoisotopic (exact) mass is 439 g/mol. The summed E-state index contributed by atoms with van der Waals surface area (Å²) in [7, 11) is 0. The summed E-state index contributed by atoms with van der Waals surface area (Å²) in [6.45, 7) is 3.55. The van der Waals surface area contributed by atoms with Gasteiger partial charge < -0.3 is 14.6 Å². The van der Waals surface area contributed by atoms with Crippen LogP contribution in [0.5, 0.6) is 5.75 Å². The van der Waals surface area contributed by atoms with Crippen molar-refractivity contribution in [2.75, 3.05) is 5.32 Å². The molecule has 0 saturated heterocycles. The molecule has 164 valence electrons. The van der Waals surface area contributed by atoms with Crippen molar-refractivity contribution in [3.63, 3.8) is 0 Å². The third kappa shape index (κ3) is 4.80. The quantitative estimate of drug-likeness (QED) is 0.467. The summed E-state index contributed by atoms with van der Waals surface area (Å²) in [5.74, 6) is 0.317. The van der Waals surface area contributed by atoms with E-state index in [2.05, 4.69) is 20.6 Å². The predicted molar refractivity (Wildman–Crippen MR) is 110 cm³/mol. The Bertz CT molecular complexity index is 1250. The number of carbonyl (C=O) groups excluding carboxylic acids is 1. The highest BCUT2D eigenvalue weighted by molar-refractivity contribution is 6.04. The Morgan fingerprint density at radius 2 is 1.94 bits per heavy atom. The molecule has 0 aliphatic rings. The molecule has 0 atom stereocenters. The van der Waals surface area contributed by atoms with Gasteiger partial charge in [0.1, 0.15) is 23.2 Å². The fraction of sp³-hybridized carbons (Fsp3) is 0.182. The van der Waals surface area contributed by atoms with Crippen LogP contribution in [0, 0.1) is 25.5 Å². The number of hydrogen-bond acceptors (Lipinski definition) is 6. The lowest BCUT2D eigenvalue weighted by Crippen LogP contribution is -2.17. The summed E-state index contributed by atoms with van der Waals surface area (Å²) in [5.41, 5.74) is 1.20. The van der Waals surface area contributed by atoms with E-state index in [-0.39, 0.29) is 24.6 Å². The SMILES string of the molecule is Cc1nc(COc2ccc(C(=O)Nc3c(C)cnn3Cc3cc(F)ccc3F)cc2)no1. The fourth-order valence-electron chi connectivity index (χ4n) is 3.02. The van der Waals surface area contributed by atoms with Crippen molar-refractivity contribution in [3.8, 4) is 5.75 Å². The molecule has 0 bridgehead atoms. The highest BCUT2D eigenvalue weighted by Gasteiger charge is 2.15. The minimum Gasteiger partial charge on any atom is -0.485 e. The van der Waals surface area contributed by atoms with Crippen LogP contribution in [0.2, 0.25) is 0 Å². The second kappa shape index (κ2) is 8.96. The number of nitrogens with zero attached hydrogens (tertiary/aromatic N) is 4. The summed E-state index contributed by atoms with van der Waals surface area (Å²) in [4.78, 5) is 16.8. The molecule has 2 aromatic carbocycles. The van der Waals surface area contributed by atoms with Crippen molar-refractivity contribution in [3.05, 3.63) is 88.7 Å². The average molecular weight is 439 g/mol. The highest BCUT2D eigenvalue weighted by Crippen LogP contribution is 2.20. The molecule has 0 aliphatic carbocycles. The third-order valence-corrected chi connectivity index (χ3v) is 4.64. The maximum atomic E-state index is 14.0. The van der Waals surface area contributed by atoms with Gasteiger partial charge in [0.05, 0.1) is 12.7 Å². The molecule has 0 radical (unpaired) electrons. The molecule has 10 heteroatoms.